The summed E-state index contributed by atoms with van der Waals surface area (Å²) in [6, 6.07) is 7.51. The van der Waals surface area contributed by atoms with Gasteiger partial charge >= 0.3 is 0 Å². The molecule has 0 amide bonds. The molecule has 4 aromatic rings. The van der Waals surface area contributed by atoms with Crippen molar-refractivity contribution >= 4 is 10.9 Å². The number of rotatable bonds is 5. The Morgan fingerprint density at radius 1 is 1.11 bits per heavy atom. The van der Waals surface area contributed by atoms with Crippen molar-refractivity contribution in [2.24, 2.45) is 0 Å². The fourth-order valence-electron chi connectivity index (χ4n) is 3.15. The van der Waals surface area contributed by atoms with E-state index in [9.17, 15) is 4.79 Å². The van der Waals surface area contributed by atoms with Crippen molar-refractivity contribution in [2.75, 3.05) is 6.61 Å². The zero-order valence-electron chi connectivity index (χ0n) is 16.1. The minimum absolute atomic E-state index is 0.188. The molecule has 0 aliphatic carbocycles. The summed E-state index contributed by atoms with van der Waals surface area (Å²) in [7, 11) is 0. The van der Waals surface area contributed by atoms with Gasteiger partial charge in [-0.1, -0.05) is 5.16 Å². The predicted molar refractivity (Wildman–Crippen MR) is 102 cm³/mol. The lowest BCUT2D eigenvalue weighted by molar-refractivity contribution is 0.340. The second-order valence-corrected chi connectivity index (χ2v) is 6.49. The first kappa shape index (κ1) is 18.0. The van der Waals surface area contributed by atoms with Crippen molar-refractivity contribution in [3.8, 4) is 17.2 Å². The molecule has 1 aromatic carbocycles. The number of aryl methyl sites for hydroxylation is 3. The molecule has 0 bridgehead atoms. The van der Waals surface area contributed by atoms with Crippen LogP contribution in [0.5, 0.6) is 5.75 Å². The summed E-state index contributed by atoms with van der Waals surface area (Å²) in [6.07, 6.45) is 0. The molecular weight excluding hydrogens is 360 g/mol. The lowest BCUT2D eigenvalue weighted by atomic mass is 10.2. The van der Waals surface area contributed by atoms with Crippen LogP contribution in [0.15, 0.2) is 38.0 Å². The number of fused-ring (bicyclic) bond motifs is 1. The van der Waals surface area contributed by atoms with E-state index in [2.05, 4.69) is 15.2 Å². The first-order valence-electron chi connectivity index (χ1n) is 9.01. The second-order valence-electron chi connectivity index (χ2n) is 6.49. The SMILES string of the molecule is CCOc1ccc(-c2nc(Cn3nc(C)c4c(C)onc4c3=O)c(C)o2)cc1. The summed E-state index contributed by atoms with van der Waals surface area (Å²) in [5.74, 6) is 2.49. The van der Waals surface area contributed by atoms with Crippen molar-refractivity contribution in [2.45, 2.75) is 34.2 Å². The number of oxazole rings is 1. The molecule has 0 aliphatic heterocycles. The smallest absolute Gasteiger partial charge is 0.297 e. The van der Waals surface area contributed by atoms with Crippen molar-refractivity contribution in [3.63, 3.8) is 0 Å². The Kier molecular flexibility index (Phi) is 4.46. The fourth-order valence-corrected chi connectivity index (χ4v) is 3.15. The molecule has 0 saturated heterocycles. The molecule has 3 heterocycles. The minimum atomic E-state index is -0.317. The van der Waals surface area contributed by atoms with Gasteiger partial charge in [0.25, 0.3) is 5.56 Å². The number of hydrogen-bond acceptors (Lipinski definition) is 7. The van der Waals surface area contributed by atoms with Crippen LogP contribution in [0.2, 0.25) is 0 Å². The topological polar surface area (TPSA) is 96.2 Å². The van der Waals surface area contributed by atoms with Crippen LogP contribution in [0.1, 0.15) is 29.8 Å². The maximum atomic E-state index is 12.7. The van der Waals surface area contributed by atoms with Gasteiger partial charge in [0, 0.05) is 5.56 Å². The predicted octanol–water partition coefficient (Wildman–Crippen LogP) is 3.41. The van der Waals surface area contributed by atoms with E-state index in [1.807, 2.05) is 45.0 Å². The zero-order chi connectivity index (χ0) is 19.8. The summed E-state index contributed by atoms with van der Waals surface area (Å²) >= 11 is 0. The van der Waals surface area contributed by atoms with Crippen LogP contribution in [0.25, 0.3) is 22.4 Å². The van der Waals surface area contributed by atoms with E-state index >= 15 is 0 Å². The highest BCUT2D eigenvalue weighted by atomic mass is 16.5. The third kappa shape index (κ3) is 3.06. The molecule has 4 rings (SSSR count). The standard InChI is InChI=1S/C20H20N4O4/c1-5-26-15-8-6-14(7-9-15)19-21-16(12(3)27-19)10-24-20(25)18-17(11(2)22-24)13(4)28-23-18/h6-9H,5,10H2,1-4H3. The number of aromatic nitrogens is 4. The van der Waals surface area contributed by atoms with Gasteiger partial charge in [-0.25, -0.2) is 9.67 Å². The lowest BCUT2D eigenvalue weighted by Gasteiger charge is -2.04. The average Bonchev–Trinajstić information content (AvgIpc) is 3.24. The molecule has 0 aliphatic rings. The van der Waals surface area contributed by atoms with Gasteiger partial charge in [0.15, 0.2) is 5.52 Å². The maximum absolute atomic E-state index is 12.7. The zero-order valence-corrected chi connectivity index (χ0v) is 16.1. The lowest BCUT2D eigenvalue weighted by Crippen LogP contribution is -2.25. The molecule has 0 unspecified atom stereocenters. The maximum Gasteiger partial charge on any atom is 0.297 e. The second kappa shape index (κ2) is 6.95. The summed E-state index contributed by atoms with van der Waals surface area (Å²) in [4.78, 5) is 17.2. The van der Waals surface area contributed by atoms with Crippen molar-refractivity contribution in [1.29, 1.82) is 0 Å². The average molecular weight is 380 g/mol. The highest BCUT2D eigenvalue weighted by Gasteiger charge is 2.18. The van der Waals surface area contributed by atoms with Crippen molar-refractivity contribution < 1.29 is 13.7 Å². The molecule has 0 atom stereocenters. The Morgan fingerprint density at radius 3 is 2.57 bits per heavy atom. The molecule has 3 aromatic heterocycles. The van der Waals surface area contributed by atoms with Gasteiger partial charge in [0.05, 0.1) is 24.2 Å². The molecule has 8 nitrogen and oxygen atoms in total. The number of hydrogen-bond donors (Lipinski definition) is 0. The normalized spacial score (nSPS) is 11.3. The van der Waals surface area contributed by atoms with Gasteiger partial charge in [0.1, 0.15) is 23.0 Å². The van der Waals surface area contributed by atoms with E-state index in [1.54, 1.807) is 6.92 Å². The third-order valence-electron chi connectivity index (χ3n) is 4.54. The van der Waals surface area contributed by atoms with Crippen molar-refractivity contribution in [3.05, 3.63) is 57.5 Å². The highest BCUT2D eigenvalue weighted by Crippen LogP contribution is 2.24. The van der Waals surface area contributed by atoms with Gasteiger partial charge in [-0.3, -0.25) is 4.79 Å². The molecule has 0 spiro atoms. The molecular formula is C20H20N4O4. The first-order chi connectivity index (χ1) is 13.5. The van der Waals surface area contributed by atoms with Gasteiger partial charge in [0.2, 0.25) is 5.89 Å². The summed E-state index contributed by atoms with van der Waals surface area (Å²) in [5, 5.41) is 8.93. The Bertz CT molecular complexity index is 1200. The Balaban J connectivity index is 1.67. The van der Waals surface area contributed by atoms with E-state index in [0.29, 0.717) is 40.8 Å². The fraction of sp³-hybridized carbons (Fsp3) is 0.300. The monoisotopic (exact) mass is 380 g/mol. The largest absolute Gasteiger partial charge is 0.494 e. The Morgan fingerprint density at radius 2 is 1.86 bits per heavy atom. The number of benzene rings is 1. The van der Waals surface area contributed by atoms with E-state index in [0.717, 1.165) is 11.3 Å². The van der Waals surface area contributed by atoms with Crippen LogP contribution in [-0.2, 0) is 6.54 Å². The van der Waals surface area contributed by atoms with Gasteiger partial charge in [-0.05, 0) is 52.0 Å². The Labute approximate surface area is 160 Å². The van der Waals surface area contributed by atoms with Crippen LogP contribution in [-0.4, -0.2) is 26.5 Å². The van der Waals surface area contributed by atoms with Crippen LogP contribution in [0.4, 0.5) is 0 Å². The molecule has 28 heavy (non-hydrogen) atoms. The minimum Gasteiger partial charge on any atom is -0.494 e. The molecule has 0 fully saturated rings. The van der Waals surface area contributed by atoms with E-state index in [1.165, 1.54) is 4.68 Å². The van der Waals surface area contributed by atoms with Gasteiger partial charge in [-0.2, -0.15) is 5.10 Å². The van der Waals surface area contributed by atoms with E-state index < -0.39 is 0 Å². The van der Waals surface area contributed by atoms with Crippen molar-refractivity contribution in [1.82, 2.24) is 19.9 Å². The summed E-state index contributed by atoms with van der Waals surface area (Å²) in [5.41, 5.74) is 2.11. The highest BCUT2D eigenvalue weighted by molar-refractivity contribution is 5.81. The van der Waals surface area contributed by atoms with Gasteiger partial charge < -0.3 is 13.7 Å². The summed E-state index contributed by atoms with van der Waals surface area (Å²) < 4.78 is 17.7. The van der Waals surface area contributed by atoms with Crippen LogP contribution >= 0.6 is 0 Å². The van der Waals surface area contributed by atoms with E-state index in [-0.39, 0.29) is 17.6 Å². The van der Waals surface area contributed by atoms with Gasteiger partial charge in [-0.15, -0.1) is 0 Å². The molecule has 0 radical (unpaired) electrons. The third-order valence-corrected chi connectivity index (χ3v) is 4.54. The van der Waals surface area contributed by atoms with Crippen LogP contribution < -0.4 is 10.3 Å². The molecule has 0 N–H and O–H groups in total. The molecule has 144 valence electrons. The quantitative estimate of drug-likeness (QED) is 0.523. The molecule has 8 heteroatoms. The van der Waals surface area contributed by atoms with Crippen LogP contribution in [0, 0.1) is 20.8 Å². The number of nitrogens with zero attached hydrogens (tertiary/aromatic N) is 4. The number of ether oxygens (including phenoxy) is 1. The summed E-state index contributed by atoms with van der Waals surface area (Å²) in [6.45, 7) is 8.14. The van der Waals surface area contributed by atoms with E-state index in [4.69, 9.17) is 13.7 Å². The Hall–Kier alpha value is -3.42. The van der Waals surface area contributed by atoms with Crippen LogP contribution in [0.3, 0.4) is 0 Å². The molecule has 0 saturated carbocycles. The first-order valence-corrected chi connectivity index (χ1v) is 9.01.